The van der Waals surface area contributed by atoms with Gasteiger partial charge < -0.3 is 9.80 Å². The number of amides is 1. The Morgan fingerprint density at radius 1 is 1.22 bits per heavy atom. The third-order valence-electron chi connectivity index (χ3n) is 5.52. The predicted octanol–water partition coefficient (Wildman–Crippen LogP) is 2.24. The van der Waals surface area contributed by atoms with Gasteiger partial charge >= 0.3 is 0 Å². The van der Waals surface area contributed by atoms with E-state index in [1.807, 2.05) is 0 Å². The summed E-state index contributed by atoms with van der Waals surface area (Å²) in [7, 11) is -3.52. The van der Waals surface area contributed by atoms with Crippen LogP contribution in [0.15, 0.2) is 23.1 Å². The van der Waals surface area contributed by atoms with Crippen molar-refractivity contribution in [3.63, 3.8) is 0 Å². The maximum absolute atomic E-state index is 12.6. The van der Waals surface area contributed by atoms with Gasteiger partial charge in [-0.15, -0.1) is 0 Å². The molecular formula is C20H31N3O3S. The summed E-state index contributed by atoms with van der Waals surface area (Å²) in [4.78, 5) is 16.0. The maximum atomic E-state index is 12.6. The number of sulfonamides is 1. The van der Waals surface area contributed by atoms with Crippen molar-refractivity contribution in [1.29, 1.82) is 0 Å². The van der Waals surface area contributed by atoms with Crippen molar-refractivity contribution >= 4 is 21.6 Å². The van der Waals surface area contributed by atoms with E-state index in [2.05, 4.69) is 23.5 Å². The fourth-order valence-corrected chi connectivity index (χ4v) is 5.56. The molecule has 0 spiro atoms. The monoisotopic (exact) mass is 393 g/mol. The summed E-state index contributed by atoms with van der Waals surface area (Å²) in [5.41, 5.74) is 1.75. The Hall–Kier alpha value is -1.44. The number of nitrogens with zero attached hydrogens (tertiary/aromatic N) is 2. The van der Waals surface area contributed by atoms with E-state index < -0.39 is 10.0 Å². The third-order valence-corrected chi connectivity index (χ3v) is 6.98. The lowest BCUT2D eigenvalue weighted by Gasteiger charge is -2.34. The fraction of sp³-hybridized carbons (Fsp3) is 0.650. The number of nitrogens with one attached hydrogen (secondary N) is 1. The van der Waals surface area contributed by atoms with Crippen LogP contribution in [0.1, 0.15) is 39.2 Å². The molecular weight excluding hydrogens is 362 g/mol. The van der Waals surface area contributed by atoms with Crippen LogP contribution >= 0.6 is 0 Å². The number of hydrogen-bond donors (Lipinski definition) is 1. The molecule has 0 bridgehead atoms. The Morgan fingerprint density at radius 2 is 1.93 bits per heavy atom. The summed E-state index contributed by atoms with van der Waals surface area (Å²) < 4.78 is 27.9. The van der Waals surface area contributed by atoms with Crippen LogP contribution in [-0.4, -0.2) is 51.9 Å². The van der Waals surface area contributed by atoms with Crippen molar-refractivity contribution in [1.82, 2.24) is 9.62 Å². The lowest BCUT2D eigenvalue weighted by molar-refractivity contribution is -0.116. The second-order valence-electron chi connectivity index (χ2n) is 8.17. The van der Waals surface area contributed by atoms with E-state index in [9.17, 15) is 13.2 Å². The van der Waals surface area contributed by atoms with Gasteiger partial charge in [0.2, 0.25) is 15.9 Å². The number of carbonyl (C=O) groups excluding carboxylic acids is 1. The van der Waals surface area contributed by atoms with Gasteiger partial charge in [0.05, 0.1) is 4.90 Å². The molecule has 1 saturated heterocycles. The Bertz CT molecular complexity index is 784. The molecule has 27 heavy (non-hydrogen) atoms. The van der Waals surface area contributed by atoms with Crippen LogP contribution in [0.4, 0.5) is 5.69 Å². The number of piperidine rings is 1. The first-order valence-corrected chi connectivity index (χ1v) is 11.4. The van der Waals surface area contributed by atoms with Crippen LogP contribution in [0, 0.1) is 11.8 Å². The number of likely N-dealkylation sites (tertiary alicyclic amines) is 1. The molecule has 0 radical (unpaired) electrons. The highest BCUT2D eigenvalue weighted by Crippen LogP contribution is 2.30. The minimum Gasteiger partial charge on any atom is -0.312 e. The second kappa shape index (κ2) is 8.29. The molecule has 3 rings (SSSR count). The Morgan fingerprint density at radius 3 is 2.59 bits per heavy atom. The van der Waals surface area contributed by atoms with Gasteiger partial charge in [-0.3, -0.25) is 4.79 Å². The Kier molecular flexibility index (Phi) is 6.23. The number of rotatable bonds is 6. The van der Waals surface area contributed by atoms with E-state index in [-0.39, 0.29) is 10.8 Å². The van der Waals surface area contributed by atoms with Gasteiger partial charge in [0, 0.05) is 38.8 Å². The Labute approximate surface area is 163 Å². The first kappa shape index (κ1) is 20.3. The number of carbonyl (C=O) groups is 1. The highest BCUT2D eigenvalue weighted by Gasteiger charge is 2.25. The molecule has 0 unspecified atom stereocenters. The number of benzene rings is 1. The van der Waals surface area contributed by atoms with E-state index in [1.165, 1.54) is 13.3 Å². The topological polar surface area (TPSA) is 69.7 Å². The van der Waals surface area contributed by atoms with Crippen molar-refractivity contribution in [3.05, 3.63) is 23.8 Å². The largest absolute Gasteiger partial charge is 0.312 e. The van der Waals surface area contributed by atoms with Crippen LogP contribution in [0.25, 0.3) is 0 Å². The summed E-state index contributed by atoms with van der Waals surface area (Å²) >= 11 is 0. The van der Waals surface area contributed by atoms with Crippen molar-refractivity contribution in [2.45, 2.75) is 44.9 Å². The minimum atomic E-state index is -3.52. The van der Waals surface area contributed by atoms with Crippen LogP contribution in [-0.2, 0) is 21.2 Å². The average molecular weight is 394 g/mol. The van der Waals surface area contributed by atoms with Crippen LogP contribution < -0.4 is 9.62 Å². The van der Waals surface area contributed by atoms with Crippen molar-refractivity contribution in [2.24, 2.45) is 11.8 Å². The molecule has 2 aliphatic rings. The summed E-state index contributed by atoms with van der Waals surface area (Å²) in [5, 5.41) is 0. The molecule has 2 atom stereocenters. The van der Waals surface area contributed by atoms with E-state index in [1.54, 1.807) is 23.1 Å². The van der Waals surface area contributed by atoms with E-state index in [0.29, 0.717) is 31.3 Å². The highest BCUT2D eigenvalue weighted by atomic mass is 32.2. The standard InChI is InChI=1S/C20H31N3O3S/c1-15-11-16(2)14-22(13-15)9-4-8-21-27(25,26)19-5-6-20-18(12-19)7-10-23(20)17(3)24/h5-6,12,15-16,21H,4,7-11,13-14H2,1-3H3/t15-,16-/m1/s1. The lowest BCUT2D eigenvalue weighted by atomic mass is 9.92. The average Bonchev–Trinajstić information content (AvgIpc) is 3.01. The van der Waals surface area contributed by atoms with Crippen LogP contribution in [0.2, 0.25) is 0 Å². The SMILES string of the molecule is CC(=O)N1CCc2cc(S(=O)(=O)NCCCN3C[C@H](C)C[C@@H](C)C3)ccc21. The molecule has 1 N–H and O–H groups in total. The molecule has 0 aliphatic carbocycles. The molecule has 1 aromatic rings. The molecule has 6 nitrogen and oxygen atoms in total. The van der Waals surface area contributed by atoms with Crippen molar-refractivity contribution in [2.75, 3.05) is 37.6 Å². The highest BCUT2D eigenvalue weighted by molar-refractivity contribution is 7.89. The molecule has 150 valence electrons. The molecule has 2 heterocycles. The first-order chi connectivity index (χ1) is 12.8. The van der Waals surface area contributed by atoms with Crippen molar-refractivity contribution < 1.29 is 13.2 Å². The van der Waals surface area contributed by atoms with E-state index in [4.69, 9.17) is 0 Å². The maximum Gasteiger partial charge on any atom is 0.240 e. The molecule has 2 aliphatic heterocycles. The number of hydrogen-bond acceptors (Lipinski definition) is 4. The van der Waals surface area contributed by atoms with Gasteiger partial charge in [0.1, 0.15) is 0 Å². The second-order valence-corrected chi connectivity index (χ2v) is 9.94. The lowest BCUT2D eigenvalue weighted by Crippen LogP contribution is -2.40. The summed E-state index contributed by atoms with van der Waals surface area (Å²) in [6, 6.07) is 5.04. The van der Waals surface area contributed by atoms with E-state index >= 15 is 0 Å². The van der Waals surface area contributed by atoms with Gasteiger partial charge in [-0.25, -0.2) is 13.1 Å². The van der Waals surface area contributed by atoms with E-state index in [0.717, 1.165) is 37.3 Å². The molecule has 1 amide bonds. The minimum absolute atomic E-state index is 0.0103. The van der Waals surface area contributed by atoms with Gasteiger partial charge in [0.25, 0.3) is 0 Å². The normalized spacial score (nSPS) is 23.4. The summed E-state index contributed by atoms with van der Waals surface area (Å²) in [6.45, 7) is 10.3. The molecule has 1 fully saturated rings. The van der Waals surface area contributed by atoms with Crippen LogP contribution in [0.3, 0.4) is 0 Å². The van der Waals surface area contributed by atoms with Gasteiger partial charge in [0.15, 0.2) is 0 Å². The predicted molar refractivity (Wildman–Crippen MR) is 107 cm³/mol. The third kappa shape index (κ3) is 4.89. The van der Waals surface area contributed by atoms with Gasteiger partial charge in [-0.1, -0.05) is 13.8 Å². The molecule has 0 aromatic heterocycles. The van der Waals surface area contributed by atoms with Crippen LogP contribution in [0.5, 0.6) is 0 Å². The quantitative estimate of drug-likeness (QED) is 0.753. The summed E-state index contributed by atoms with van der Waals surface area (Å²) in [5.74, 6) is 1.42. The first-order valence-electron chi connectivity index (χ1n) is 9.89. The zero-order valence-corrected chi connectivity index (χ0v) is 17.4. The Balaban J connectivity index is 1.54. The summed E-state index contributed by atoms with van der Waals surface area (Å²) in [6.07, 6.45) is 2.79. The molecule has 1 aromatic carbocycles. The smallest absolute Gasteiger partial charge is 0.240 e. The molecule has 7 heteroatoms. The molecule has 0 saturated carbocycles. The zero-order chi connectivity index (χ0) is 19.6. The van der Waals surface area contributed by atoms with Crippen molar-refractivity contribution in [3.8, 4) is 0 Å². The number of anilines is 1. The fourth-order valence-electron chi connectivity index (χ4n) is 4.44. The van der Waals surface area contributed by atoms with Gasteiger partial charge in [-0.05, 0) is 61.4 Å². The zero-order valence-electron chi connectivity index (χ0n) is 16.6. The number of fused-ring (bicyclic) bond motifs is 1. The van der Waals surface area contributed by atoms with Gasteiger partial charge in [-0.2, -0.15) is 0 Å².